The van der Waals surface area contributed by atoms with Gasteiger partial charge in [0.1, 0.15) is 42.4 Å². The minimum absolute atomic E-state index is 0.0487. The number of imidazole rings is 1. The minimum atomic E-state index is -5.59. The molecule has 234 valence electrons. The van der Waals surface area contributed by atoms with E-state index in [-0.39, 0.29) is 22.5 Å². The summed E-state index contributed by atoms with van der Waals surface area (Å²) in [6.45, 7) is -1.85. The number of rotatable bonds is 11. The van der Waals surface area contributed by atoms with Crippen molar-refractivity contribution in [1.82, 2.24) is 19.5 Å². The number of hydrogen-bond donors (Lipinski definition) is 6. The second kappa shape index (κ2) is 12.3. The molecule has 7 N–H and O–H groups in total. The summed E-state index contributed by atoms with van der Waals surface area (Å²) < 4.78 is 51.6. The number of nitrogen functional groups attached to an aromatic ring is 1. The van der Waals surface area contributed by atoms with Gasteiger partial charge in [-0.15, -0.1) is 0 Å². The summed E-state index contributed by atoms with van der Waals surface area (Å²) in [6, 6.07) is 2.96. The topological polar surface area (TPSA) is 295 Å². The zero-order valence-corrected chi connectivity index (χ0v) is 23.5. The number of aliphatic hydroxyl groups is 4. The fraction of sp³-hybridized carbons (Fsp3) is 0.476. The Morgan fingerprint density at radius 2 is 1.74 bits per heavy atom. The summed E-state index contributed by atoms with van der Waals surface area (Å²) >= 11 is 0. The van der Waals surface area contributed by atoms with Crippen molar-refractivity contribution >= 4 is 38.9 Å². The van der Waals surface area contributed by atoms with Crippen LogP contribution in [0.5, 0.6) is 0 Å². The van der Waals surface area contributed by atoms with Gasteiger partial charge in [0.05, 0.1) is 25.1 Å². The number of nitrogens with two attached hydrogens (primary N) is 1. The van der Waals surface area contributed by atoms with Crippen LogP contribution >= 0.6 is 15.6 Å². The zero-order chi connectivity index (χ0) is 31.1. The van der Waals surface area contributed by atoms with Crippen LogP contribution in [0.4, 0.5) is 5.82 Å². The van der Waals surface area contributed by atoms with Crippen molar-refractivity contribution in [2.75, 3.05) is 18.9 Å². The van der Waals surface area contributed by atoms with Gasteiger partial charge < -0.3 is 49.9 Å². The van der Waals surface area contributed by atoms with E-state index in [9.17, 15) is 44.1 Å². The Kier molecular flexibility index (Phi) is 9.04. The van der Waals surface area contributed by atoms with E-state index in [1.165, 1.54) is 40.0 Å². The standard InChI is InChI=1S/C21H26N6O14P2/c22-18-13-19(24-8-23-18)27(9-25-13)21-17(32)15(30)12(40-21)7-38-43(35,36)41-42(33,34)37-6-11-14(29)16(31)20(39-11)26-3-1-2-10(4-26)5-28/h1-5,8-9,11-12,14-17,20-21,29-32H,6-7H2,(H3-,22,23,24,33,34,35,36)/t11-,12-,14-,15-,16-,17-,20-,21-/m1/s1. The van der Waals surface area contributed by atoms with E-state index in [4.69, 9.17) is 15.2 Å². The van der Waals surface area contributed by atoms with Crippen molar-refractivity contribution < 1.29 is 71.5 Å². The number of carbonyl (C=O) groups is 1. The second-order valence-electron chi connectivity index (χ2n) is 9.47. The highest BCUT2D eigenvalue weighted by molar-refractivity contribution is 7.60. The molecule has 0 aromatic carbocycles. The first-order chi connectivity index (χ1) is 20.3. The Morgan fingerprint density at radius 3 is 2.49 bits per heavy atom. The van der Waals surface area contributed by atoms with Gasteiger partial charge in [-0.05, 0) is 6.07 Å². The normalized spacial score (nSPS) is 32.0. The number of carbonyl (C=O) groups excluding carboxylic acids is 1. The summed E-state index contributed by atoms with van der Waals surface area (Å²) in [6.07, 6.45) is -6.17. The van der Waals surface area contributed by atoms with Crippen LogP contribution in [0.3, 0.4) is 0 Å². The fourth-order valence-corrected chi connectivity index (χ4v) is 6.56. The molecule has 0 spiro atoms. The van der Waals surface area contributed by atoms with E-state index in [1.807, 2.05) is 0 Å². The number of pyridine rings is 1. The van der Waals surface area contributed by atoms with Crippen molar-refractivity contribution in [2.45, 2.75) is 49.1 Å². The number of anilines is 1. The molecule has 2 aliphatic heterocycles. The van der Waals surface area contributed by atoms with Crippen molar-refractivity contribution in [3.05, 3.63) is 42.7 Å². The third-order valence-electron chi connectivity index (χ3n) is 6.61. The Hall–Kier alpha value is -2.81. The first kappa shape index (κ1) is 31.6. The molecule has 2 aliphatic rings. The fourth-order valence-electron chi connectivity index (χ4n) is 4.51. The van der Waals surface area contributed by atoms with Crippen molar-refractivity contribution in [3.8, 4) is 0 Å². The van der Waals surface area contributed by atoms with Crippen LogP contribution in [0.2, 0.25) is 0 Å². The molecular weight excluding hydrogens is 622 g/mol. The molecule has 2 unspecified atom stereocenters. The highest BCUT2D eigenvalue weighted by Crippen LogP contribution is 2.58. The molecule has 3 aromatic heterocycles. The van der Waals surface area contributed by atoms with E-state index in [0.29, 0.717) is 6.29 Å². The van der Waals surface area contributed by atoms with Gasteiger partial charge in [0, 0.05) is 6.07 Å². The Balaban J connectivity index is 1.16. The molecule has 3 aromatic rings. The van der Waals surface area contributed by atoms with E-state index >= 15 is 0 Å². The maximum Gasteiger partial charge on any atom is 0.478 e. The number of aliphatic hydroxyl groups excluding tert-OH is 4. The molecule has 0 amide bonds. The van der Waals surface area contributed by atoms with Crippen molar-refractivity contribution in [3.63, 3.8) is 0 Å². The molecular formula is C21H26N6O14P2. The summed E-state index contributed by atoms with van der Waals surface area (Å²) in [5, 5.41) is 41.5. The van der Waals surface area contributed by atoms with Crippen LogP contribution in [0.15, 0.2) is 37.2 Å². The lowest BCUT2D eigenvalue weighted by molar-refractivity contribution is -0.765. The monoisotopic (exact) mass is 648 g/mol. The molecule has 0 aliphatic carbocycles. The molecule has 2 saturated heterocycles. The first-order valence-corrected chi connectivity index (χ1v) is 15.3. The molecule has 0 radical (unpaired) electrons. The largest absolute Gasteiger partial charge is 0.756 e. The number of ether oxygens (including phenoxy) is 2. The number of phosphoric ester groups is 2. The smallest absolute Gasteiger partial charge is 0.478 e. The number of nitrogens with zero attached hydrogens (tertiary/aromatic N) is 5. The van der Waals surface area contributed by atoms with Crippen molar-refractivity contribution in [1.29, 1.82) is 0 Å². The second-order valence-corrected chi connectivity index (χ2v) is 12.5. The number of aromatic nitrogens is 5. The highest BCUT2D eigenvalue weighted by Gasteiger charge is 2.49. The van der Waals surface area contributed by atoms with Gasteiger partial charge >= 0.3 is 7.82 Å². The number of fused-ring (bicyclic) bond motifs is 1. The minimum Gasteiger partial charge on any atom is -0.756 e. The van der Waals surface area contributed by atoms with E-state index in [1.54, 1.807) is 0 Å². The van der Waals surface area contributed by atoms with Crippen LogP contribution in [0.1, 0.15) is 22.8 Å². The van der Waals surface area contributed by atoms with Crippen LogP contribution in [0, 0.1) is 0 Å². The van der Waals surface area contributed by atoms with E-state index < -0.39 is 77.9 Å². The predicted molar refractivity (Wildman–Crippen MR) is 134 cm³/mol. The number of aldehydes is 1. The predicted octanol–water partition coefficient (Wildman–Crippen LogP) is -2.93. The van der Waals surface area contributed by atoms with Gasteiger partial charge in [0.2, 0.25) is 0 Å². The molecule has 0 bridgehead atoms. The third-order valence-corrected chi connectivity index (χ3v) is 9.18. The molecule has 0 saturated carbocycles. The Bertz CT molecular complexity index is 1580. The molecule has 43 heavy (non-hydrogen) atoms. The summed E-state index contributed by atoms with van der Waals surface area (Å²) in [5.74, 6) is 0.0487. The molecule has 5 heterocycles. The lowest BCUT2D eigenvalue weighted by Gasteiger charge is -2.26. The molecule has 22 heteroatoms. The average molecular weight is 648 g/mol. The van der Waals surface area contributed by atoms with E-state index in [0.717, 1.165) is 6.33 Å². The maximum absolute atomic E-state index is 12.4. The van der Waals surface area contributed by atoms with Gasteiger partial charge in [0.25, 0.3) is 14.1 Å². The van der Waals surface area contributed by atoms with Gasteiger partial charge in [-0.3, -0.25) is 18.5 Å². The van der Waals surface area contributed by atoms with E-state index in [2.05, 4.69) is 28.3 Å². The van der Waals surface area contributed by atoms with Crippen LogP contribution in [-0.4, -0.2) is 101 Å². The molecule has 2 fully saturated rings. The summed E-state index contributed by atoms with van der Waals surface area (Å²) in [5.41, 5.74) is 6.33. The highest BCUT2D eigenvalue weighted by atomic mass is 31.3. The Morgan fingerprint density at radius 1 is 1.05 bits per heavy atom. The molecule has 10 atom stereocenters. The van der Waals surface area contributed by atoms with Gasteiger partial charge in [0.15, 0.2) is 42.5 Å². The number of hydrogen-bond acceptors (Lipinski definition) is 17. The van der Waals surface area contributed by atoms with Crippen LogP contribution in [0.25, 0.3) is 11.2 Å². The van der Waals surface area contributed by atoms with Gasteiger partial charge in [-0.2, -0.15) is 4.57 Å². The molecule has 20 nitrogen and oxygen atoms in total. The quantitative estimate of drug-likeness (QED) is 0.0688. The van der Waals surface area contributed by atoms with Gasteiger partial charge in [-0.1, -0.05) is 0 Å². The van der Waals surface area contributed by atoms with Crippen molar-refractivity contribution in [2.24, 2.45) is 0 Å². The maximum atomic E-state index is 12.4. The average Bonchev–Trinajstić information content (AvgIpc) is 3.61. The zero-order valence-electron chi connectivity index (χ0n) is 21.7. The number of phosphoric acid groups is 2. The molecule has 5 rings (SSSR count). The third kappa shape index (κ3) is 6.66. The van der Waals surface area contributed by atoms with Crippen LogP contribution in [-0.2, 0) is 32.0 Å². The van der Waals surface area contributed by atoms with Crippen LogP contribution < -0.4 is 15.2 Å². The summed E-state index contributed by atoms with van der Waals surface area (Å²) in [7, 11) is -11.0. The SMILES string of the molecule is Nc1ncnc2c1ncn2[C@@H]1O[C@H](COP(=O)(O)OP(=O)([O-])OC[C@H]2O[C@@H]([n+]3cccc(C=O)c3)[C@H](O)[C@@H]2O)[C@@H](O)[C@H]1O. The lowest BCUT2D eigenvalue weighted by Crippen LogP contribution is -2.46. The summed E-state index contributed by atoms with van der Waals surface area (Å²) in [4.78, 5) is 45.1. The first-order valence-electron chi connectivity index (χ1n) is 12.4. The Labute approximate surface area is 241 Å². The lowest BCUT2D eigenvalue weighted by atomic mass is 10.1. The van der Waals surface area contributed by atoms with Gasteiger partial charge in [-0.25, -0.2) is 23.8 Å².